The van der Waals surface area contributed by atoms with E-state index in [0.717, 1.165) is 6.42 Å². The molecule has 2 rings (SSSR count). The van der Waals surface area contributed by atoms with Crippen LogP contribution in [0.3, 0.4) is 0 Å². The number of phenolic OH excluding ortho intramolecular Hbond substituents is 1. The number of fused-ring (bicyclic) bond motifs is 1. The van der Waals surface area contributed by atoms with E-state index in [2.05, 4.69) is 0 Å². The molecule has 2 aromatic rings. The van der Waals surface area contributed by atoms with Crippen molar-refractivity contribution in [2.75, 3.05) is 7.11 Å². The minimum absolute atomic E-state index is 0.0998. The third-order valence-electron chi connectivity index (χ3n) is 2.83. The number of phenols is 1. The van der Waals surface area contributed by atoms with Crippen molar-refractivity contribution in [3.8, 4) is 17.2 Å². The zero-order chi connectivity index (χ0) is 13.8. The molecule has 0 atom stereocenters. The summed E-state index contributed by atoms with van der Waals surface area (Å²) in [6.45, 7) is 1.91. The van der Waals surface area contributed by atoms with Crippen LogP contribution in [0.25, 0.3) is 10.8 Å². The molecule has 0 heterocycles. The molecule has 0 aliphatic carbocycles. The number of carbonyl (C=O) groups is 1. The van der Waals surface area contributed by atoms with Gasteiger partial charge in [0.2, 0.25) is 0 Å². The van der Waals surface area contributed by atoms with Crippen molar-refractivity contribution in [2.45, 2.75) is 19.8 Å². The minimum atomic E-state index is -0.309. The Kier molecular flexibility index (Phi) is 3.90. The molecular formula is C15H16O4. The van der Waals surface area contributed by atoms with Gasteiger partial charge in [0.25, 0.3) is 0 Å². The normalized spacial score (nSPS) is 10.4. The summed E-state index contributed by atoms with van der Waals surface area (Å²) in [5.74, 6) is 0.495. The molecule has 0 radical (unpaired) electrons. The molecule has 0 amide bonds. The lowest BCUT2D eigenvalue weighted by Gasteiger charge is -2.13. The molecular weight excluding hydrogens is 244 g/mol. The number of esters is 1. The lowest BCUT2D eigenvalue weighted by molar-refractivity contribution is -0.134. The van der Waals surface area contributed by atoms with Crippen molar-refractivity contribution in [1.82, 2.24) is 0 Å². The molecule has 4 heteroatoms. The smallest absolute Gasteiger partial charge is 0.311 e. The first-order valence-corrected chi connectivity index (χ1v) is 6.16. The summed E-state index contributed by atoms with van der Waals surface area (Å²) in [6, 6.07) is 8.63. The van der Waals surface area contributed by atoms with E-state index in [9.17, 15) is 9.90 Å². The van der Waals surface area contributed by atoms with Gasteiger partial charge in [-0.3, -0.25) is 4.79 Å². The Morgan fingerprint density at radius 2 is 1.95 bits per heavy atom. The monoisotopic (exact) mass is 260 g/mol. The lowest BCUT2D eigenvalue weighted by atomic mass is 10.1. The van der Waals surface area contributed by atoms with E-state index >= 15 is 0 Å². The van der Waals surface area contributed by atoms with Gasteiger partial charge in [-0.05, 0) is 6.42 Å². The van der Waals surface area contributed by atoms with Gasteiger partial charge >= 0.3 is 5.97 Å². The van der Waals surface area contributed by atoms with Crippen LogP contribution >= 0.6 is 0 Å². The van der Waals surface area contributed by atoms with E-state index < -0.39 is 0 Å². The molecule has 1 N–H and O–H groups in total. The Hall–Kier alpha value is -2.23. The third kappa shape index (κ3) is 2.62. The highest BCUT2D eigenvalue weighted by molar-refractivity contribution is 5.96. The topological polar surface area (TPSA) is 55.8 Å². The van der Waals surface area contributed by atoms with Crippen LogP contribution in [0.1, 0.15) is 19.8 Å². The van der Waals surface area contributed by atoms with Crippen molar-refractivity contribution >= 4 is 16.7 Å². The van der Waals surface area contributed by atoms with Gasteiger partial charge < -0.3 is 14.6 Å². The molecule has 0 spiro atoms. The van der Waals surface area contributed by atoms with Crippen LogP contribution in [-0.4, -0.2) is 18.2 Å². The largest absolute Gasteiger partial charge is 0.507 e. The first kappa shape index (κ1) is 13.2. The van der Waals surface area contributed by atoms with E-state index in [1.807, 2.05) is 19.1 Å². The summed E-state index contributed by atoms with van der Waals surface area (Å²) < 4.78 is 10.5. The number of methoxy groups -OCH3 is 1. The van der Waals surface area contributed by atoms with Gasteiger partial charge in [0.1, 0.15) is 5.75 Å². The zero-order valence-electron chi connectivity index (χ0n) is 11.0. The SMILES string of the molecule is CCCC(=O)Oc1c(OC)cc(O)c2ccccc12. The number of rotatable bonds is 4. The molecule has 0 saturated heterocycles. The number of ether oxygens (including phenoxy) is 2. The van der Waals surface area contributed by atoms with E-state index in [0.29, 0.717) is 28.7 Å². The maximum atomic E-state index is 11.7. The number of benzene rings is 2. The fourth-order valence-corrected chi connectivity index (χ4v) is 1.93. The summed E-state index contributed by atoms with van der Waals surface area (Å²) in [4.78, 5) is 11.7. The van der Waals surface area contributed by atoms with Crippen LogP contribution in [0.15, 0.2) is 30.3 Å². The van der Waals surface area contributed by atoms with Crippen LogP contribution < -0.4 is 9.47 Å². The Bertz CT molecular complexity index is 604. The second-order valence-corrected chi connectivity index (χ2v) is 4.20. The van der Waals surface area contributed by atoms with Crippen molar-refractivity contribution in [2.24, 2.45) is 0 Å². The maximum absolute atomic E-state index is 11.7. The summed E-state index contributed by atoms with van der Waals surface area (Å²) in [7, 11) is 1.47. The van der Waals surface area contributed by atoms with Crippen LogP contribution in [0, 0.1) is 0 Å². The molecule has 100 valence electrons. The summed E-state index contributed by atoms with van der Waals surface area (Å²) >= 11 is 0. The second kappa shape index (κ2) is 5.61. The lowest BCUT2D eigenvalue weighted by Crippen LogP contribution is -2.08. The quantitative estimate of drug-likeness (QED) is 0.677. The minimum Gasteiger partial charge on any atom is -0.507 e. The maximum Gasteiger partial charge on any atom is 0.311 e. The second-order valence-electron chi connectivity index (χ2n) is 4.20. The molecule has 0 unspecified atom stereocenters. The average molecular weight is 260 g/mol. The molecule has 0 bridgehead atoms. The highest BCUT2D eigenvalue weighted by Crippen LogP contribution is 2.40. The highest BCUT2D eigenvalue weighted by atomic mass is 16.6. The molecule has 0 fully saturated rings. The van der Waals surface area contributed by atoms with Gasteiger partial charge in [-0.15, -0.1) is 0 Å². The predicted molar refractivity (Wildman–Crippen MR) is 72.7 cm³/mol. The summed E-state index contributed by atoms with van der Waals surface area (Å²) in [6.07, 6.45) is 1.07. The fourth-order valence-electron chi connectivity index (χ4n) is 1.93. The van der Waals surface area contributed by atoms with Gasteiger partial charge in [-0.1, -0.05) is 31.2 Å². The van der Waals surface area contributed by atoms with Crippen molar-refractivity contribution in [3.63, 3.8) is 0 Å². The fraction of sp³-hybridized carbons (Fsp3) is 0.267. The van der Waals surface area contributed by atoms with E-state index in [1.165, 1.54) is 13.2 Å². The summed E-state index contributed by atoms with van der Waals surface area (Å²) in [5.41, 5.74) is 0. The van der Waals surface area contributed by atoms with Crippen molar-refractivity contribution < 1.29 is 19.4 Å². The first-order valence-electron chi connectivity index (χ1n) is 6.16. The van der Waals surface area contributed by atoms with E-state index in [4.69, 9.17) is 9.47 Å². The Labute approximate surface area is 111 Å². The highest BCUT2D eigenvalue weighted by Gasteiger charge is 2.16. The van der Waals surface area contributed by atoms with Crippen LogP contribution in [-0.2, 0) is 4.79 Å². The van der Waals surface area contributed by atoms with Crippen LogP contribution in [0.5, 0.6) is 17.2 Å². The van der Waals surface area contributed by atoms with Gasteiger partial charge in [-0.25, -0.2) is 0 Å². The molecule has 0 aliphatic heterocycles. The number of carbonyl (C=O) groups excluding carboxylic acids is 1. The third-order valence-corrected chi connectivity index (χ3v) is 2.83. The zero-order valence-corrected chi connectivity index (χ0v) is 11.0. The van der Waals surface area contributed by atoms with Gasteiger partial charge in [0, 0.05) is 23.3 Å². The Balaban J connectivity index is 2.56. The molecule has 0 aliphatic rings. The molecule has 19 heavy (non-hydrogen) atoms. The molecule has 2 aromatic carbocycles. The predicted octanol–water partition coefficient (Wildman–Crippen LogP) is 3.26. The van der Waals surface area contributed by atoms with Crippen molar-refractivity contribution in [3.05, 3.63) is 30.3 Å². The van der Waals surface area contributed by atoms with Gasteiger partial charge in [-0.2, -0.15) is 0 Å². The average Bonchev–Trinajstić information content (AvgIpc) is 2.42. The van der Waals surface area contributed by atoms with E-state index in [1.54, 1.807) is 12.1 Å². The van der Waals surface area contributed by atoms with Crippen LogP contribution in [0.2, 0.25) is 0 Å². The number of hydrogen-bond acceptors (Lipinski definition) is 4. The van der Waals surface area contributed by atoms with Gasteiger partial charge in [0.05, 0.1) is 7.11 Å². The Morgan fingerprint density at radius 1 is 1.26 bits per heavy atom. The molecule has 0 aromatic heterocycles. The number of hydrogen-bond donors (Lipinski definition) is 1. The van der Waals surface area contributed by atoms with Crippen LogP contribution in [0.4, 0.5) is 0 Å². The molecule has 4 nitrogen and oxygen atoms in total. The number of aromatic hydroxyl groups is 1. The Morgan fingerprint density at radius 3 is 2.58 bits per heavy atom. The standard InChI is InChI=1S/C15H16O4/c1-3-6-14(17)19-15-11-8-5-4-7-10(11)12(16)9-13(15)18-2/h4-5,7-9,16H,3,6H2,1-2H3. The first-order chi connectivity index (χ1) is 9.17. The van der Waals surface area contributed by atoms with Gasteiger partial charge in [0.15, 0.2) is 11.5 Å². The summed E-state index contributed by atoms with van der Waals surface area (Å²) in [5, 5.41) is 11.2. The van der Waals surface area contributed by atoms with E-state index in [-0.39, 0.29) is 11.7 Å². The van der Waals surface area contributed by atoms with Crippen molar-refractivity contribution in [1.29, 1.82) is 0 Å². The molecule has 0 saturated carbocycles.